The number of hydrogen-bond acceptors (Lipinski definition) is 4. The van der Waals surface area contributed by atoms with E-state index in [1.807, 2.05) is 30.3 Å². The summed E-state index contributed by atoms with van der Waals surface area (Å²) in [6.45, 7) is 2.36. The van der Waals surface area contributed by atoms with E-state index in [0.29, 0.717) is 28.6 Å². The SMILES string of the molecule is Cc1nn(Cc2ccccc2Cl)c(Cl)c1C(=O)NCc1cccc(OCC#N)c1. The summed E-state index contributed by atoms with van der Waals surface area (Å²) in [5.74, 6) is 0.251. The molecule has 1 aromatic heterocycles. The van der Waals surface area contributed by atoms with Gasteiger partial charge in [0.15, 0.2) is 6.61 Å². The number of halogens is 2. The molecule has 3 aromatic rings. The molecule has 0 radical (unpaired) electrons. The second-order valence-corrected chi connectivity index (χ2v) is 7.04. The summed E-state index contributed by atoms with van der Waals surface area (Å²) in [4.78, 5) is 12.7. The maximum absolute atomic E-state index is 12.7. The molecule has 0 fully saturated rings. The normalized spacial score (nSPS) is 10.4. The van der Waals surface area contributed by atoms with E-state index < -0.39 is 0 Å². The maximum Gasteiger partial charge on any atom is 0.256 e. The molecule has 29 heavy (non-hydrogen) atoms. The fourth-order valence-electron chi connectivity index (χ4n) is 2.84. The number of carbonyl (C=O) groups excluding carboxylic acids is 1. The monoisotopic (exact) mass is 428 g/mol. The first kappa shape index (κ1) is 20.7. The molecular formula is C21H18Cl2N4O2. The molecule has 0 aliphatic rings. The van der Waals surface area contributed by atoms with Crippen LogP contribution in [0.5, 0.6) is 5.75 Å². The van der Waals surface area contributed by atoms with Crippen molar-refractivity contribution < 1.29 is 9.53 Å². The Labute approximate surface area is 178 Å². The van der Waals surface area contributed by atoms with E-state index in [9.17, 15) is 4.79 Å². The third-order valence-electron chi connectivity index (χ3n) is 4.23. The Morgan fingerprint density at radius 3 is 2.79 bits per heavy atom. The van der Waals surface area contributed by atoms with Gasteiger partial charge < -0.3 is 10.1 Å². The van der Waals surface area contributed by atoms with Crippen LogP contribution in [-0.4, -0.2) is 22.3 Å². The minimum absolute atomic E-state index is 0.0325. The largest absolute Gasteiger partial charge is 0.479 e. The van der Waals surface area contributed by atoms with Gasteiger partial charge in [-0.1, -0.05) is 53.5 Å². The van der Waals surface area contributed by atoms with Crippen molar-refractivity contribution in [1.82, 2.24) is 15.1 Å². The van der Waals surface area contributed by atoms with E-state index >= 15 is 0 Å². The van der Waals surface area contributed by atoms with Gasteiger partial charge in [0.2, 0.25) is 0 Å². The second-order valence-electron chi connectivity index (χ2n) is 6.28. The minimum Gasteiger partial charge on any atom is -0.479 e. The number of nitrogens with one attached hydrogen (secondary N) is 1. The van der Waals surface area contributed by atoms with Crippen molar-refractivity contribution in [2.75, 3.05) is 6.61 Å². The Bertz CT molecular complexity index is 1070. The molecule has 1 heterocycles. The van der Waals surface area contributed by atoms with Crippen LogP contribution in [0.3, 0.4) is 0 Å². The average molecular weight is 429 g/mol. The number of nitriles is 1. The molecule has 8 heteroatoms. The highest BCUT2D eigenvalue weighted by atomic mass is 35.5. The first-order valence-corrected chi connectivity index (χ1v) is 9.58. The maximum atomic E-state index is 12.7. The van der Waals surface area contributed by atoms with Gasteiger partial charge >= 0.3 is 0 Å². The number of amides is 1. The van der Waals surface area contributed by atoms with Crippen LogP contribution >= 0.6 is 23.2 Å². The zero-order valence-corrected chi connectivity index (χ0v) is 17.2. The van der Waals surface area contributed by atoms with Crippen molar-refractivity contribution in [1.29, 1.82) is 5.26 Å². The van der Waals surface area contributed by atoms with Gasteiger partial charge in [-0.3, -0.25) is 4.79 Å². The molecule has 0 unspecified atom stereocenters. The zero-order valence-electron chi connectivity index (χ0n) is 15.7. The number of carbonyl (C=O) groups is 1. The summed E-state index contributed by atoms with van der Waals surface area (Å²) >= 11 is 12.6. The molecule has 148 valence electrons. The van der Waals surface area contributed by atoms with Crippen molar-refractivity contribution in [2.24, 2.45) is 0 Å². The van der Waals surface area contributed by atoms with Crippen molar-refractivity contribution in [3.63, 3.8) is 0 Å². The molecule has 0 spiro atoms. The van der Waals surface area contributed by atoms with Gasteiger partial charge in [-0.2, -0.15) is 10.4 Å². The number of nitrogens with zero attached hydrogens (tertiary/aromatic N) is 3. The Balaban J connectivity index is 1.71. The molecule has 2 aromatic carbocycles. The van der Waals surface area contributed by atoms with Gasteiger partial charge in [-0.15, -0.1) is 0 Å². The van der Waals surface area contributed by atoms with E-state index in [1.54, 1.807) is 35.9 Å². The lowest BCUT2D eigenvalue weighted by molar-refractivity contribution is 0.0950. The molecule has 1 N–H and O–H groups in total. The van der Waals surface area contributed by atoms with Crippen LogP contribution in [0.4, 0.5) is 0 Å². The Morgan fingerprint density at radius 2 is 2.03 bits per heavy atom. The summed E-state index contributed by atoms with van der Waals surface area (Å²) in [6.07, 6.45) is 0. The number of hydrogen-bond donors (Lipinski definition) is 1. The van der Waals surface area contributed by atoms with Gasteiger partial charge in [0.25, 0.3) is 5.91 Å². The summed E-state index contributed by atoms with van der Waals surface area (Å²) in [5, 5.41) is 16.7. The van der Waals surface area contributed by atoms with E-state index in [0.717, 1.165) is 11.1 Å². The van der Waals surface area contributed by atoms with Crippen molar-refractivity contribution in [3.8, 4) is 11.8 Å². The van der Waals surface area contributed by atoms with Crippen LogP contribution in [0.25, 0.3) is 0 Å². The average Bonchev–Trinajstić information content (AvgIpc) is 3.00. The number of rotatable bonds is 7. The van der Waals surface area contributed by atoms with Gasteiger partial charge in [0.1, 0.15) is 17.0 Å². The fraction of sp³-hybridized carbons (Fsp3) is 0.190. The number of ether oxygens (including phenoxy) is 1. The molecule has 0 bridgehead atoms. The van der Waals surface area contributed by atoms with Crippen LogP contribution in [0, 0.1) is 18.3 Å². The summed E-state index contributed by atoms with van der Waals surface area (Å²) in [5.41, 5.74) is 2.56. The molecule has 0 aliphatic carbocycles. The molecule has 0 atom stereocenters. The highest BCUT2D eigenvalue weighted by molar-refractivity contribution is 6.33. The van der Waals surface area contributed by atoms with E-state index in [-0.39, 0.29) is 24.2 Å². The number of aromatic nitrogens is 2. The second kappa shape index (κ2) is 9.46. The lowest BCUT2D eigenvalue weighted by atomic mass is 10.2. The van der Waals surface area contributed by atoms with Gasteiger partial charge in [0, 0.05) is 11.6 Å². The molecule has 3 rings (SSSR count). The van der Waals surface area contributed by atoms with Gasteiger partial charge in [-0.25, -0.2) is 4.68 Å². The number of benzene rings is 2. The Hall–Kier alpha value is -3.01. The molecule has 0 aliphatic heterocycles. The first-order valence-electron chi connectivity index (χ1n) is 8.82. The highest BCUT2D eigenvalue weighted by Gasteiger charge is 2.20. The lowest BCUT2D eigenvalue weighted by Crippen LogP contribution is -2.23. The fourth-order valence-corrected chi connectivity index (χ4v) is 3.35. The standard InChI is InChI=1S/C21H18Cl2N4O2/c1-14-19(20(23)27(26-14)13-16-6-2-3-8-18(16)22)21(28)25-12-15-5-4-7-17(11-15)29-10-9-24/h2-8,11H,10,12-13H2,1H3,(H,25,28). The molecule has 1 amide bonds. The van der Waals surface area contributed by atoms with Crippen LogP contribution in [-0.2, 0) is 13.1 Å². The van der Waals surface area contributed by atoms with Crippen LogP contribution < -0.4 is 10.1 Å². The van der Waals surface area contributed by atoms with E-state index in [1.165, 1.54) is 0 Å². The number of aryl methyl sites for hydroxylation is 1. The van der Waals surface area contributed by atoms with E-state index in [2.05, 4.69) is 10.4 Å². The van der Waals surface area contributed by atoms with Crippen LogP contribution in [0.2, 0.25) is 10.2 Å². The van der Waals surface area contributed by atoms with Crippen LogP contribution in [0.15, 0.2) is 48.5 Å². The van der Waals surface area contributed by atoms with E-state index in [4.69, 9.17) is 33.2 Å². The smallest absolute Gasteiger partial charge is 0.256 e. The molecular weight excluding hydrogens is 411 g/mol. The van der Waals surface area contributed by atoms with Gasteiger partial charge in [-0.05, 0) is 36.2 Å². The topological polar surface area (TPSA) is 79.9 Å². The zero-order chi connectivity index (χ0) is 20.8. The summed E-state index contributed by atoms with van der Waals surface area (Å²) in [6, 6.07) is 16.5. The predicted octanol–water partition coefficient (Wildman–Crippen LogP) is 4.38. The van der Waals surface area contributed by atoms with Gasteiger partial charge in [0.05, 0.1) is 17.8 Å². The quantitative estimate of drug-likeness (QED) is 0.605. The minimum atomic E-state index is -0.318. The first-order chi connectivity index (χ1) is 14.0. The molecule has 0 saturated carbocycles. The van der Waals surface area contributed by atoms with Crippen molar-refractivity contribution in [3.05, 3.63) is 81.1 Å². The Morgan fingerprint density at radius 1 is 1.24 bits per heavy atom. The van der Waals surface area contributed by atoms with Crippen LogP contribution in [0.1, 0.15) is 27.2 Å². The predicted molar refractivity (Wildman–Crippen MR) is 111 cm³/mol. The molecule has 6 nitrogen and oxygen atoms in total. The molecule has 0 saturated heterocycles. The van der Waals surface area contributed by atoms with Crippen molar-refractivity contribution in [2.45, 2.75) is 20.0 Å². The highest BCUT2D eigenvalue weighted by Crippen LogP contribution is 2.23. The summed E-state index contributed by atoms with van der Waals surface area (Å²) in [7, 11) is 0. The third kappa shape index (κ3) is 5.08. The van der Waals surface area contributed by atoms with Crippen molar-refractivity contribution >= 4 is 29.1 Å². The Kier molecular flexibility index (Phi) is 6.76. The summed E-state index contributed by atoms with van der Waals surface area (Å²) < 4.78 is 6.83. The third-order valence-corrected chi connectivity index (χ3v) is 4.98. The lowest BCUT2D eigenvalue weighted by Gasteiger charge is -2.08.